The van der Waals surface area contributed by atoms with Gasteiger partial charge in [-0.05, 0) is 39.7 Å². The third kappa shape index (κ3) is 9.46. The number of para-hydroxylation sites is 1. The SMILES string of the molecule is CCOC(=O)CCNC(=O)C(c1ccccc1O)N(C)C(=O)C(NC(=O)OC(C)(C)C)C(C)CC. The Balaban J connectivity index is 3.21. The number of hydrogen-bond acceptors (Lipinski definition) is 7. The van der Waals surface area contributed by atoms with E-state index in [2.05, 4.69) is 10.6 Å². The molecule has 196 valence electrons. The second-order valence-electron chi connectivity index (χ2n) is 9.27. The highest BCUT2D eigenvalue weighted by Crippen LogP contribution is 2.29. The highest BCUT2D eigenvalue weighted by molar-refractivity contribution is 5.92. The second kappa shape index (κ2) is 13.6. The highest BCUT2D eigenvalue weighted by Gasteiger charge is 2.37. The zero-order valence-corrected chi connectivity index (χ0v) is 21.7. The molecule has 35 heavy (non-hydrogen) atoms. The molecule has 3 atom stereocenters. The van der Waals surface area contributed by atoms with E-state index in [4.69, 9.17) is 9.47 Å². The molecule has 0 aromatic heterocycles. The Morgan fingerprint density at radius 1 is 1.11 bits per heavy atom. The van der Waals surface area contributed by atoms with Crippen molar-refractivity contribution in [2.45, 2.75) is 72.1 Å². The Bertz CT molecular complexity index is 882. The molecule has 0 aliphatic rings. The van der Waals surface area contributed by atoms with Crippen molar-refractivity contribution in [1.82, 2.24) is 15.5 Å². The molecule has 0 aliphatic carbocycles. The Kier molecular flexibility index (Phi) is 11.5. The van der Waals surface area contributed by atoms with E-state index in [9.17, 15) is 24.3 Å². The van der Waals surface area contributed by atoms with Crippen LogP contribution in [0.2, 0.25) is 0 Å². The normalized spacial score (nSPS) is 13.7. The maximum atomic E-state index is 13.6. The summed E-state index contributed by atoms with van der Waals surface area (Å²) in [5, 5.41) is 15.7. The van der Waals surface area contributed by atoms with Crippen molar-refractivity contribution in [1.29, 1.82) is 0 Å². The first-order valence-corrected chi connectivity index (χ1v) is 11.8. The maximum Gasteiger partial charge on any atom is 0.408 e. The summed E-state index contributed by atoms with van der Waals surface area (Å²) in [6.45, 7) is 10.7. The molecule has 0 aliphatic heterocycles. The first kappa shape index (κ1) is 29.7. The third-order valence-corrected chi connectivity index (χ3v) is 5.30. The topological polar surface area (TPSA) is 134 Å². The molecule has 1 aromatic rings. The third-order valence-electron chi connectivity index (χ3n) is 5.30. The van der Waals surface area contributed by atoms with Crippen LogP contribution < -0.4 is 10.6 Å². The van der Waals surface area contributed by atoms with Crippen LogP contribution in [0.3, 0.4) is 0 Å². The van der Waals surface area contributed by atoms with Gasteiger partial charge in [0.05, 0.1) is 13.0 Å². The van der Waals surface area contributed by atoms with Crippen LogP contribution in [0, 0.1) is 5.92 Å². The van der Waals surface area contributed by atoms with Crippen molar-refractivity contribution < 1.29 is 33.8 Å². The van der Waals surface area contributed by atoms with Gasteiger partial charge < -0.3 is 30.1 Å². The number of likely N-dealkylation sites (N-methyl/N-ethyl adjacent to an activating group) is 1. The first-order chi connectivity index (χ1) is 16.3. The summed E-state index contributed by atoms with van der Waals surface area (Å²) in [5.74, 6) is -2.02. The van der Waals surface area contributed by atoms with Gasteiger partial charge in [-0.1, -0.05) is 38.5 Å². The van der Waals surface area contributed by atoms with E-state index in [-0.39, 0.29) is 36.8 Å². The number of aromatic hydroxyl groups is 1. The van der Waals surface area contributed by atoms with Crippen LogP contribution in [-0.2, 0) is 23.9 Å². The van der Waals surface area contributed by atoms with E-state index in [0.29, 0.717) is 6.42 Å². The number of alkyl carbamates (subject to hydrolysis) is 1. The van der Waals surface area contributed by atoms with Crippen molar-refractivity contribution in [3.63, 3.8) is 0 Å². The molecule has 1 aromatic carbocycles. The van der Waals surface area contributed by atoms with Gasteiger partial charge in [0, 0.05) is 19.2 Å². The van der Waals surface area contributed by atoms with Gasteiger partial charge in [0.15, 0.2) is 0 Å². The molecule has 0 saturated heterocycles. The number of phenols is 1. The number of benzene rings is 1. The Labute approximate surface area is 207 Å². The lowest BCUT2D eigenvalue weighted by Gasteiger charge is -2.33. The summed E-state index contributed by atoms with van der Waals surface area (Å²) < 4.78 is 10.2. The number of ether oxygens (including phenoxy) is 2. The van der Waals surface area contributed by atoms with Crippen molar-refractivity contribution in [3.05, 3.63) is 29.8 Å². The molecule has 10 heteroatoms. The van der Waals surface area contributed by atoms with E-state index >= 15 is 0 Å². The zero-order valence-electron chi connectivity index (χ0n) is 21.7. The van der Waals surface area contributed by atoms with Crippen LogP contribution in [0.25, 0.3) is 0 Å². The Morgan fingerprint density at radius 2 is 1.74 bits per heavy atom. The van der Waals surface area contributed by atoms with Gasteiger partial charge in [0.2, 0.25) is 11.8 Å². The van der Waals surface area contributed by atoms with Crippen LogP contribution in [-0.4, -0.2) is 65.7 Å². The largest absolute Gasteiger partial charge is 0.508 e. The molecule has 0 heterocycles. The average molecular weight is 494 g/mol. The number of nitrogens with zero attached hydrogens (tertiary/aromatic N) is 1. The number of carbonyl (C=O) groups is 4. The van der Waals surface area contributed by atoms with Gasteiger partial charge in [0.25, 0.3) is 0 Å². The average Bonchev–Trinajstić information content (AvgIpc) is 2.76. The van der Waals surface area contributed by atoms with Gasteiger partial charge in [0.1, 0.15) is 23.4 Å². The van der Waals surface area contributed by atoms with Crippen LogP contribution in [0.1, 0.15) is 66.0 Å². The van der Waals surface area contributed by atoms with Gasteiger partial charge in [-0.25, -0.2) is 4.79 Å². The Hall–Kier alpha value is -3.30. The fourth-order valence-electron chi connectivity index (χ4n) is 3.33. The van der Waals surface area contributed by atoms with Crippen molar-refractivity contribution in [2.24, 2.45) is 5.92 Å². The standard InChI is InChI=1S/C25H39N3O7/c1-8-16(3)20(27-24(33)35-25(4,5)6)23(32)28(7)21(17-12-10-11-13-18(17)29)22(31)26-15-14-19(30)34-9-2/h10-13,16,20-21,29H,8-9,14-15H2,1-7H3,(H,26,31)(H,27,33). The van der Waals surface area contributed by atoms with Gasteiger partial charge in [-0.2, -0.15) is 0 Å². The predicted molar refractivity (Wildman–Crippen MR) is 130 cm³/mol. The summed E-state index contributed by atoms with van der Waals surface area (Å²) in [6, 6.07) is 4.00. The number of esters is 1. The summed E-state index contributed by atoms with van der Waals surface area (Å²) in [4.78, 5) is 52.0. The maximum absolute atomic E-state index is 13.6. The summed E-state index contributed by atoms with van der Waals surface area (Å²) >= 11 is 0. The Morgan fingerprint density at radius 3 is 2.29 bits per heavy atom. The summed E-state index contributed by atoms with van der Waals surface area (Å²) in [5.41, 5.74) is -0.548. The highest BCUT2D eigenvalue weighted by atomic mass is 16.6. The molecule has 1 rings (SSSR count). The summed E-state index contributed by atoms with van der Waals surface area (Å²) in [6.07, 6.45) is -0.212. The summed E-state index contributed by atoms with van der Waals surface area (Å²) in [7, 11) is 1.43. The van der Waals surface area contributed by atoms with E-state index in [1.54, 1.807) is 39.8 Å². The predicted octanol–water partition coefficient (Wildman–Crippen LogP) is 2.90. The minimum absolute atomic E-state index is 0.00522. The fraction of sp³-hybridized carbons (Fsp3) is 0.600. The van der Waals surface area contributed by atoms with Gasteiger partial charge in [-0.15, -0.1) is 0 Å². The van der Waals surface area contributed by atoms with E-state index < -0.39 is 41.6 Å². The molecule has 0 fully saturated rings. The van der Waals surface area contributed by atoms with Gasteiger partial charge >= 0.3 is 12.1 Å². The fourth-order valence-corrected chi connectivity index (χ4v) is 3.33. The molecule has 3 amide bonds. The molecule has 0 radical (unpaired) electrons. The number of rotatable bonds is 11. The van der Waals surface area contributed by atoms with Gasteiger partial charge in [-0.3, -0.25) is 14.4 Å². The lowest BCUT2D eigenvalue weighted by Crippen LogP contribution is -2.54. The molecule has 0 spiro atoms. The van der Waals surface area contributed by atoms with E-state index in [1.807, 2.05) is 13.8 Å². The van der Waals surface area contributed by atoms with Crippen LogP contribution in [0.4, 0.5) is 4.79 Å². The number of nitrogens with one attached hydrogen (secondary N) is 2. The van der Waals surface area contributed by atoms with E-state index in [1.165, 1.54) is 24.1 Å². The monoisotopic (exact) mass is 493 g/mol. The second-order valence-corrected chi connectivity index (χ2v) is 9.27. The molecule has 3 N–H and O–H groups in total. The smallest absolute Gasteiger partial charge is 0.408 e. The molecule has 10 nitrogen and oxygen atoms in total. The minimum atomic E-state index is -1.21. The number of amides is 3. The molecular formula is C25H39N3O7. The minimum Gasteiger partial charge on any atom is -0.508 e. The zero-order chi connectivity index (χ0) is 26.8. The lowest BCUT2D eigenvalue weighted by atomic mass is 9.96. The molecule has 0 bridgehead atoms. The molecule has 3 unspecified atom stereocenters. The lowest BCUT2D eigenvalue weighted by molar-refractivity contribution is -0.144. The van der Waals surface area contributed by atoms with Crippen molar-refractivity contribution in [3.8, 4) is 5.75 Å². The molecular weight excluding hydrogens is 454 g/mol. The van der Waals surface area contributed by atoms with Crippen molar-refractivity contribution >= 4 is 23.9 Å². The number of carbonyl (C=O) groups excluding carboxylic acids is 4. The number of phenolic OH excluding ortho intramolecular Hbond substituents is 1. The van der Waals surface area contributed by atoms with Crippen LogP contribution >= 0.6 is 0 Å². The van der Waals surface area contributed by atoms with E-state index in [0.717, 1.165) is 0 Å². The quantitative estimate of drug-likeness (QED) is 0.404. The molecule has 0 saturated carbocycles. The van der Waals surface area contributed by atoms with Crippen molar-refractivity contribution in [2.75, 3.05) is 20.2 Å². The van der Waals surface area contributed by atoms with Crippen LogP contribution in [0.15, 0.2) is 24.3 Å². The first-order valence-electron chi connectivity index (χ1n) is 11.8. The van der Waals surface area contributed by atoms with Crippen LogP contribution in [0.5, 0.6) is 5.75 Å². The number of hydrogen-bond donors (Lipinski definition) is 3.